The molecule has 0 aliphatic carbocycles. The maximum Gasteiger partial charge on any atom is 0.355 e. The number of carbonyl (C=O) groups is 2. The normalized spacial score (nSPS) is 10.6. The Balaban J connectivity index is 2.38. The summed E-state index contributed by atoms with van der Waals surface area (Å²) in [6.45, 7) is 7.71. The van der Waals surface area contributed by atoms with Gasteiger partial charge < -0.3 is 9.30 Å². The van der Waals surface area contributed by atoms with Gasteiger partial charge in [0.1, 0.15) is 11.9 Å². The standard InChI is InChI=1S/C15H18N4O5S/c1-5-18-9(4)11(8(3)12(18)14(21)24-6-2)13(20)17-15-16-7-10(25-15)19(22)23/h7H,5-6H2,1-4H3,(H,16,17,20). The maximum absolute atomic E-state index is 12.6. The highest BCUT2D eigenvalue weighted by molar-refractivity contribution is 7.18. The van der Waals surface area contributed by atoms with Gasteiger partial charge in [-0.2, -0.15) is 0 Å². The van der Waals surface area contributed by atoms with Gasteiger partial charge in [-0.15, -0.1) is 0 Å². The average Bonchev–Trinajstić information content (AvgIpc) is 3.09. The van der Waals surface area contributed by atoms with Crippen LogP contribution in [-0.2, 0) is 11.3 Å². The SMILES string of the molecule is CCOC(=O)c1c(C)c(C(=O)Nc2ncc([N+](=O)[O-])s2)c(C)n1CC. The number of nitro groups is 1. The van der Waals surface area contributed by atoms with Gasteiger partial charge in [0.2, 0.25) is 0 Å². The summed E-state index contributed by atoms with van der Waals surface area (Å²) < 4.78 is 6.79. The van der Waals surface area contributed by atoms with E-state index in [-0.39, 0.29) is 16.7 Å². The number of nitrogens with zero attached hydrogens (tertiary/aromatic N) is 3. The van der Waals surface area contributed by atoms with E-state index < -0.39 is 16.8 Å². The lowest BCUT2D eigenvalue weighted by Gasteiger charge is -2.08. The Bertz CT molecular complexity index is 839. The molecule has 1 amide bonds. The molecule has 0 fully saturated rings. The molecule has 10 heteroatoms. The van der Waals surface area contributed by atoms with Crippen LogP contribution in [0.2, 0.25) is 0 Å². The number of hydrogen-bond acceptors (Lipinski definition) is 7. The first kappa shape index (κ1) is 18.6. The molecular formula is C15H18N4O5S. The maximum atomic E-state index is 12.6. The minimum atomic E-state index is -0.573. The minimum Gasteiger partial charge on any atom is -0.461 e. The zero-order chi connectivity index (χ0) is 18.7. The largest absolute Gasteiger partial charge is 0.461 e. The summed E-state index contributed by atoms with van der Waals surface area (Å²) in [6, 6.07) is 0. The van der Waals surface area contributed by atoms with Crippen molar-refractivity contribution in [2.75, 3.05) is 11.9 Å². The predicted octanol–water partition coefficient (Wildman–Crippen LogP) is 2.92. The Morgan fingerprint density at radius 3 is 2.60 bits per heavy atom. The first-order valence-corrected chi connectivity index (χ1v) is 8.41. The highest BCUT2D eigenvalue weighted by Gasteiger charge is 2.27. The van der Waals surface area contributed by atoms with Gasteiger partial charge in [0.25, 0.3) is 5.91 Å². The second-order valence-electron chi connectivity index (χ2n) is 5.11. The van der Waals surface area contributed by atoms with Crippen molar-refractivity contribution < 1.29 is 19.2 Å². The van der Waals surface area contributed by atoms with Crippen molar-refractivity contribution >= 4 is 33.3 Å². The summed E-state index contributed by atoms with van der Waals surface area (Å²) >= 11 is 0.766. The second kappa shape index (κ2) is 7.43. The third kappa shape index (κ3) is 3.53. The Morgan fingerprint density at radius 1 is 1.40 bits per heavy atom. The van der Waals surface area contributed by atoms with Crippen LogP contribution in [0.5, 0.6) is 0 Å². The highest BCUT2D eigenvalue weighted by Crippen LogP contribution is 2.28. The number of ether oxygens (including phenoxy) is 1. The third-order valence-electron chi connectivity index (χ3n) is 3.67. The fourth-order valence-electron chi connectivity index (χ4n) is 2.65. The molecule has 0 bridgehead atoms. The number of amides is 1. The van der Waals surface area contributed by atoms with E-state index >= 15 is 0 Å². The van der Waals surface area contributed by atoms with E-state index in [9.17, 15) is 19.7 Å². The summed E-state index contributed by atoms with van der Waals surface area (Å²) in [6.07, 6.45) is 1.08. The molecule has 2 aromatic heterocycles. The van der Waals surface area contributed by atoms with E-state index in [1.165, 1.54) is 0 Å². The van der Waals surface area contributed by atoms with E-state index in [0.29, 0.717) is 29.1 Å². The minimum absolute atomic E-state index is 0.123. The lowest BCUT2D eigenvalue weighted by atomic mass is 10.1. The molecule has 0 atom stereocenters. The number of aromatic nitrogens is 2. The van der Waals surface area contributed by atoms with Gasteiger partial charge in [-0.3, -0.25) is 20.2 Å². The smallest absolute Gasteiger partial charge is 0.355 e. The summed E-state index contributed by atoms with van der Waals surface area (Å²) in [5, 5.41) is 13.2. The van der Waals surface area contributed by atoms with Crippen LogP contribution in [0.3, 0.4) is 0 Å². The molecular weight excluding hydrogens is 348 g/mol. The molecule has 0 radical (unpaired) electrons. The van der Waals surface area contributed by atoms with Crippen molar-refractivity contribution in [3.8, 4) is 0 Å². The first-order chi connectivity index (χ1) is 11.8. The van der Waals surface area contributed by atoms with E-state index in [1.54, 1.807) is 25.3 Å². The molecule has 0 saturated heterocycles. The predicted molar refractivity (Wildman–Crippen MR) is 92.3 cm³/mol. The number of hydrogen-bond donors (Lipinski definition) is 1. The van der Waals surface area contributed by atoms with Crippen LogP contribution in [-0.4, -0.2) is 33.0 Å². The Kier molecular flexibility index (Phi) is 5.52. The Labute approximate surface area is 147 Å². The van der Waals surface area contributed by atoms with Crippen LogP contribution < -0.4 is 5.32 Å². The number of thiazole rings is 1. The fraction of sp³-hybridized carbons (Fsp3) is 0.400. The molecule has 2 aromatic rings. The summed E-state index contributed by atoms with van der Waals surface area (Å²) in [4.78, 5) is 38.8. The third-order valence-corrected chi connectivity index (χ3v) is 4.54. The van der Waals surface area contributed by atoms with Crippen molar-refractivity contribution in [3.63, 3.8) is 0 Å². The molecule has 25 heavy (non-hydrogen) atoms. The van der Waals surface area contributed by atoms with Gasteiger partial charge in [0.05, 0.1) is 17.1 Å². The number of anilines is 1. The van der Waals surface area contributed by atoms with Crippen molar-refractivity contribution in [1.82, 2.24) is 9.55 Å². The van der Waals surface area contributed by atoms with Crippen molar-refractivity contribution in [3.05, 3.63) is 38.8 Å². The lowest BCUT2D eigenvalue weighted by molar-refractivity contribution is -0.380. The average molecular weight is 366 g/mol. The molecule has 0 aromatic carbocycles. The molecule has 2 heterocycles. The number of rotatable bonds is 6. The first-order valence-electron chi connectivity index (χ1n) is 7.60. The molecule has 2 rings (SSSR count). The van der Waals surface area contributed by atoms with E-state index in [1.807, 2.05) is 6.92 Å². The highest BCUT2D eigenvalue weighted by atomic mass is 32.1. The van der Waals surface area contributed by atoms with E-state index in [4.69, 9.17) is 4.74 Å². The van der Waals surface area contributed by atoms with Gasteiger partial charge in [0.15, 0.2) is 5.13 Å². The van der Waals surface area contributed by atoms with Crippen molar-refractivity contribution in [2.45, 2.75) is 34.2 Å². The molecule has 0 aliphatic rings. The molecule has 0 aliphatic heterocycles. The van der Waals surface area contributed by atoms with Gasteiger partial charge in [-0.1, -0.05) is 0 Å². The van der Waals surface area contributed by atoms with E-state index in [0.717, 1.165) is 17.5 Å². The van der Waals surface area contributed by atoms with Crippen LogP contribution >= 0.6 is 11.3 Å². The lowest BCUT2D eigenvalue weighted by Crippen LogP contribution is -2.14. The number of nitrogens with one attached hydrogen (secondary N) is 1. The number of carbonyl (C=O) groups excluding carboxylic acids is 2. The molecule has 134 valence electrons. The van der Waals surface area contributed by atoms with Gasteiger partial charge in [-0.25, -0.2) is 9.78 Å². The fourth-order valence-corrected chi connectivity index (χ4v) is 3.28. The second-order valence-corrected chi connectivity index (χ2v) is 6.12. The number of esters is 1. The van der Waals surface area contributed by atoms with Crippen molar-refractivity contribution in [2.24, 2.45) is 0 Å². The van der Waals surface area contributed by atoms with Crippen LogP contribution in [0, 0.1) is 24.0 Å². The monoisotopic (exact) mass is 366 g/mol. The van der Waals surface area contributed by atoms with Crippen LogP contribution in [0.1, 0.15) is 46.0 Å². The van der Waals surface area contributed by atoms with Crippen LogP contribution in [0.15, 0.2) is 6.20 Å². The molecule has 9 nitrogen and oxygen atoms in total. The summed E-state index contributed by atoms with van der Waals surface area (Å²) in [7, 11) is 0. The molecule has 0 saturated carbocycles. The Morgan fingerprint density at radius 2 is 2.08 bits per heavy atom. The van der Waals surface area contributed by atoms with E-state index in [2.05, 4.69) is 10.3 Å². The van der Waals surface area contributed by atoms with Gasteiger partial charge >= 0.3 is 11.0 Å². The van der Waals surface area contributed by atoms with Gasteiger partial charge in [-0.05, 0) is 44.6 Å². The molecule has 0 spiro atoms. The molecule has 0 unspecified atom stereocenters. The van der Waals surface area contributed by atoms with Crippen molar-refractivity contribution in [1.29, 1.82) is 0 Å². The summed E-state index contributed by atoms with van der Waals surface area (Å²) in [5.41, 5.74) is 1.79. The zero-order valence-corrected chi connectivity index (χ0v) is 15.1. The van der Waals surface area contributed by atoms with Crippen LogP contribution in [0.4, 0.5) is 10.1 Å². The topological polar surface area (TPSA) is 116 Å². The van der Waals surface area contributed by atoms with Gasteiger partial charge in [0, 0.05) is 12.2 Å². The van der Waals surface area contributed by atoms with Crippen LogP contribution in [0.25, 0.3) is 0 Å². The molecule has 1 N–H and O–H groups in total. The Hall–Kier alpha value is -2.75. The summed E-state index contributed by atoms with van der Waals surface area (Å²) in [5.74, 6) is -0.967. The quantitative estimate of drug-likeness (QED) is 0.477. The zero-order valence-electron chi connectivity index (χ0n) is 14.3.